The molecule has 0 aliphatic rings. The van der Waals surface area contributed by atoms with Gasteiger partial charge in [0.15, 0.2) is 16.6 Å². The lowest BCUT2D eigenvalue weighted by molar-refractivity contribution is -0.115. The van der Waals surface area contributed by atoms with Crippen molar-refractivity contribution >= 4 is 22.4 Å². The van der Waals surface area contributed by atoms with E-state index >= 15 is 0 Å². The summed E-state index contributed by atoms with van der Waals surface area (Å²) in [5.41, 5.74) is 3.83. The number of nitrogens with one attached hydrogen (secondary N) is 1. The highest BCUT2D eigenvalue weighted by Crippen LogP contribution is 2.33. The molecule has 0 saturated carbocycles. The molecule has 1 aromatic heterocycles. The number of ether oxygens (including phenoxy) is 2. The van der Waals surface area contributed by atoms with Gasteiger partial charge in [0.25, 0.3) is 0 Å². The maximum Gasteiger partial charge on any atom is 0.230 e. The van der Waals surface area contributed by atoms with Crippen LogP contribution in [-0.4, -0.2) is 25.1 Å². The number of amides is 1. The van der Waals surface area contributed by atoms with Gasteiger partial charge in [-0.1, -0.05) is 29.8 Å². The Kier molecular flexibility index (Phi) is 5.53. The second-order valence-corrected chi connectivity index (χ2v) is 6.68. The molecule has 134 valence electrons. The van der Waals surface area contributed by atoms with Crippen molar-refractivity contribution in [3.63, 3.8) is 0 Å². The molecule has 5 nitrogen and oxygen atoms in total. The fourth-order valence-corrected chi connectivity index (χ4v) is 3.25. The van der Waals surface area contributed by atoms with Gasteiger partial charge < -0.3 is 14.8 Å². The monoisotopic (exact) mass is 368 g/mol. The van der Waals surface area contributed by atoms with Gasteiger partial charge >= 0.3 is 0 Å². The predicted molar refractivity (Wildman–Crippen MR) is 104 cm³/mol. The standard InChI is InChI=1S/C20H20N2O3S/c1-13-4-6-14(7-5-13)10-19(23)22-20-21-16(12-26-20)15-8-9-17(24-2)18(11-15)25-3/h4-9,11-12H,10H2,1-3H3,(H,21,22,23). The molecule has 1 heterocycles. The first-order valence-corrected chi connectivity index (χ1v) is 9.00. The Morgan fingerprint density at radius 2 is 1.81 bits per heavy atom. The molecule has 0 atom stereocenters. The van der Waals surface area contributed by atoms with Gasteiger partial charge in [0.2, 0.25) is 5.91 Å². The zero-order valence-electron chi connectivity index (χ0n) is 14.9. The topological polar surface area (TPSA) is 60.5 Å². The fraction of sp³-hybridized carbons (Fsp3) is 0.200. The molecule has 6 heteroatoms. The van der Waals surface area contributed by atoms with Crippen LogP contribution in [0.2, 0.25) is 0 Å². The largest absolute Gasteiger partial charge is 0.493 e. The van der Waals surface area contributed by atoms with Crippen LogP contribution in [0.1, 0.15) is 11.1 Å². The number of benzene rings is 2. The van der Waals surface area contributed by atoms with Gasteiger partial charge in [-0.25, -0.2) is 4.98 Å². The summed E-state index contributed by atoms with van der Waals surface area (Å²) in [5, 5.41) is 5.34. The summed E-state index contributed by atoms with van der Waals surface area (Å²) < 4.78 is 10.6. The highest BCUT2D eigenvalue weighted by atomic mass is 32.1. The molecule has 3 rings (SSSR count). The summed E-state index contributed by atoms with van der Waals surface area (Å²) in [6.45, 7) is 2.02. The van der Waals surface area contributed by atoms with Crippen LogP contribution in [0.4, 0.5) is 5.13 Å². The SMILES string of the molecule is COc1ccc(-c2csc(NC(=O)Cc3ccc(C)cc3)n2)cc1OC. The summed E-state index contributed by atoms with van der Waals surface area (Å²) >= 11 is 1.39. The highest BCUT2D eigenvalue weighted by molar-refractivity contribution is 7.14. The summed E-state index contributed by atoms with van der Waals surface area (Å²) in [4.78, 5) is 16.7. The number of hydrogen-bond acceptors (Lipinski definition) is 5. The lowest BCUT2D eigenvalue weighted by atomic mass is 10.1. The van der Waals surface area contributed by atoms with Crippen molar-refractivity contribution in [3.05, 3.63) is 59.0 Å². The highest BCUT2D eigenvalue weighted by Gasteiger charge is 2.11. The van der Waals surface area contributed by atoms with Crippen molar-refractivity contribution in [1.29, 1.82) is 0 Å². The minimum atomic E-state index is -0.0814. The van der Waals surface area contributed by atoms with Crippen molar-refractivity contribution in [3.8, 4) is 22.8 Å². The molecule has 1 N–H and O–H groups in total. The molecule has 2 aromatic carbocycles. The number of thiazole rings is 1. The normalized spacial score (nSPS) is 10.4. The molecule has 0 saturated heterocycles. The van der Waals surface area contributed by atoms with E-state index in [1.165, 1.54) is 16.9 Å². The van der Waals surface area contributed by atoms with E-state index in [-0.39, 0.29) is 5.91 Å². The van der Waals surface area contributed by atoms with Crippen molar-refractivity contribution in [2.75, 3.05) is 19.5 Å². The van der Waals surface area contributed by atoms with Crippen molar-refractivity contribution in [2.45, 2.75) is 13.3 Å². The molecule has 0 unspecified atom stereocenters. The number of anilines is 1. The van der Waals surface area contributed by atoms with Crippen molar-refractivity contribution < 1.29 is 14.3 Å². The summed E-state index contributed by atoms with van der Waals surface area (Å²) in [5.74, 6) is 1.23. The summed E-state index contributed by atoms with van der Waals surface area (Å²) in [7, 11) is 3.20. The van der Waals surface area contributed by atoms with E-state index in [9.17, 15) is 4.79 Å². The Balaban J connectivity index is 1.69. The van der Waals surface area contributed by atoms with E-state index in [1.54, 1.807) is 14.2 Å². The molecule has 0 aliphatic heterocycles. The Labute approximate surface area is 156 Å². The van der Waals surface area contributed by atoms with E-state index in [2.05, 4.69) is 10.3 Å². The molecule has 26 heavy (non-hydrogen) atoms. The van der Waals surface area contributed by atoms with Crippen molar-refractivity contribution in [1.82, 2.24) is 4.98 Å². The Morgan fingerprint density at radius 1 is 1.08 bits per heavy atom. The quantitative estimate of drug-likeness (QED) is 0.704. The van der Waals surface area contributed by atoms with Gasteiger partial charge in [-0.3, -0.25) is 4.79 Å². The summed E-state index contributed by atoms with van der Waals surface area (Å²) in [6.07, 6.45) is 0.325. The van der Waals surface area contributed by atoms with E-state index in [4.69, 9.17) is 9.47 Å². The third-order valence-corrected chi connectivity index (χ3v) is 4.67. The van der Waals surface area contributed by atoms with Gasteiger partial charge in [-0.05, 0) is 30.7 Å². The van der Waals surface area contributed by atoms with E-state index < -0.39 is 0 Å². The molecule has 0 aliphatic carbocycles. The number of carbonyl (C=O) groups excluding carboxylic acids is 1. The number of nitrogens with zero attached hydrogens (tertiary/aromatic N) is 1. The first-order valence-electron chi connectivity index (χ1n) is 8.12. The molecule has 0 bridgehead atoms. The first kappa shape index (κ1) is 17.9. The average Bonchev–Trinajstić information content (AvgIpc) is 3.11. The van der Waals surface area contributed by atoms with Crippen LogP contribution in [0, 0.1) is 6.92 Å². The second kappa shape index (κ2) is 8.01. The Bertz CT molecular complexity index is 904. The maximum absolute atomic E-state index is 12.2. The zero-order chi connectivity index (χ0) is 18.5. The zero-order valence-corrected chi connectivity index (χ0v) is 15.7. The third kappa shape index (κ3) is 4.21. The van der Waals surface area contributed by atoms with Crippen LogP contribution in [0.5, 0.6) is 11.5 Å². The number of methoxy groups -OCH3 is 2. The van der Waals surface area contributed by atoms with E-state index in [0.29, 0.717) is 23.1 Å². The van der Waals surface area contributed by atoms with Crippen LogP contribution in [0.15, 0.2) is 47.8 Å². The average molecular weight is 368 g/mol. The van der Waals surface area contributed by atoms with Gasteiger partial charge in [-0.2, -0.15) is 0 Å². The number of carbonyl (C=O) groups is 1. The smallest absolute Gasteiger partial charge is 0.230 e. The predicted octanol–water partition coefficient (Wildman–Crippen LogP) is 4.32. The Morgan fingerprint density at radius 3 is 2.50 bits per heavy atom. The van der Waals surface area contributed by atoms with E-state index in [1.807, 2.05) is 54.8 Å². The van der Waals surface area contributed by atoms with Crippen LogP contribution in [0.3, 0.4) is 0 Å². The summed E-state index contributed by atoms with van der Waals surface area (Å²) in [6, 6.07) is 13.5. The minimum absolute atomic E-state index is 0.0814. The third-order valence-electron chi connectivity index (χ3n) is 3.92. The molecule has 3 aromatic rings. The van der Waals surface area contributed by atoms with Gasteiger partial charge in [0, 0.05) is 10.9 Å². The van der Waals surface area contributed by atoms with E-state index in [0.717, 1.165) is 16.8 Å². The minimum Gasteiger partial charge on any atom is -0.493 e. The van der Waals surface area contributed by atoms with Crippen molar-refractivity contribution in [2.24, 2.45) is 0 Å². The lowest BCUT2D eigenvalue weighted by Crippen LogP contribution is -2.14. The maximum atomic E-state index is 12.2. The van der Waals surface area contributed by atoms with Crippen LogP contribution in [-0.2, 0) is 11.2 Å². The van der Waals surface area contributed by atoms with Gasteiger partial charge in [0.1, 0.15) is 0 Å². The molecule has 0 fully saturated rings. The van der Waals surface area contributed by atoms with Gasteiger partial charge in [-0.15, -0.1) is 11.3 Å². The van der Waals surface area contributed by atoms with Crippen LogP contribution < -0.4 is 14.8 Å². The first-order chi connectivity index (χ1) is 12.6. The Hall–Kier alpha value is -2.86. The number of rotatable bonds is 6. The fourth-order valence-electron chi connectivity index (χ4n) is 2.51. The molecule has 1 amide bonds. The molecular weight excluding hydrogens is 348 g/mol. The molecule has 0 spiro atoms. The van der Waals surface area contributed by atoms with Crippen LogP contribution in [0.25, 0.3) is 11.3 Å². The number of aromatic nitrogens is 1. The number of aryl methyl sites for hydroxylation is 1. The second-order valence-electron chi connectivity index (χ2n) is 5.82. The van der Waals surface area contributed by atoms with Gasteiger partial charge in [0.05, 0.1) is 26.3 Å². The lowest BCUT2D eigenvalue weighted by Gasteiger charge is -2.08. The van der Waals surface area contributed by atoms with Crippen LogP contribution >= 0.6 is 11.3 Å². The molecular formula is C20H20N2O3S. The molecule has 0 radical (unpaired) electrons. The number of hydrogen-bond donors (Lipinski definition) is 1.